The molecule has 3 rings (SSSR count). The lowest BCUT2D eigenvalue weighted by atomic mass is 9.99. The minimum absolute atomic E-state index is 0.117. The SMILES string of the molecule is O=C(C=Cc1cc(O)c(O)c(O)c1)c1c(O)cc(O)cc1OC1OC(CO)C(O)C(O)C1O. The van der Waals surface area contributed by atoms with Gasteiger partial charge in [0.05, 0.1) is 6.61 Å². The fourth-order valence-electron chi connectivity index (χ4n) is 3.19. The molecule has 33 heavy (non-hydrogen) atoms. The maximum Gasteiger partial charge on any atom is 0.229 e. The highest BCUT2D eigenvalue weighted by Gasteiger charge is 2.45. The fraction of sp³-hybridized carbons (Fsp3) is 0.286. The van der Waals surface area contributed by atoms with Crippen LogP contribution >= 0.6 is 0 Å². The van der Waals surface area contributed by atoms with Crippen molar-refractivity contribution in [3.63, 3.8) is 0 Å². The monoisotopic (exact) mass is 466 g/mol. The summed E-state index contributed by atoms with van der Waals surface area (Å²) in [5.41, 5.74) is -0.362. The number of aliphatic hydroxyl groups excluding tert-OH is 4. The summed E-state index contributed by atoms with van der Waals surface area (Å²) in [6.45, 7) is -0.725. The van der Waals surface area contributed by atoms with Crippen LogP contribution in [-0.4, -0.2) is 89.1 Å². The van der Waals surface area contributed by atoms with Gasteiger partial charge in [-0.2, -0.15) is 0 Å². The molecule has 5 unspecified atom stereocenters. The second kappa shape index (κ2) is 9.52. The van der Waals surface area contributed by atoms with Gasteiger partial charge in [-0.3, -0.25) is 4.79 Å². The van der Waals surface area contributed by atoms with Crippen LogP contribution in [0.15, 0.2) is 30.3 Å². The van der Waals surface area contributed by atoms with Gasteiger partial charge < -0.3 is 55.4 Å². The lowest BCUT2D eigenvalue weighted by Crippen LogP contribution is -2.60. The van der Waals surface area contributed by atoms with E-state index in [9.17, 15) is 50.8 Å². The van der Waals surface area contributed by atoms with Crippen LogP contribution in [0.4, 0.5) is 0 Å². The summed E-state index contributed by atoms with van der Waals surface area (Å²) in [6, 6.07) is 3.89. The first-order valence-corrected chi connectivity index (χ1v) is 9.54. The largest absolute Gasteiger partial charge is 0.508 e. The Kier molecular flexibility index (Phi) is 6.95. The molecule has 178 valence electrons. The number of hydrogen-bond donors (Lipinski definition) is 9. The Labute approximate surface area is 186 Å². The molecular weight excluding hydrogens is 444 g/mol. The molecule has 1 aliphatic rings. The van der Waals surface area contributed by atoms with E-state index in [0.29, 0.717) is 0 Å². The van der Waals surface area contributed by atoms with Gasteiger partial charge in [-0.1, -0.05) is 6.08 Å². The standard InChI is InChI=1S/C21H22O12/c22-7-15-18(29)19(30)20(31)21(33-15)32-14-6-9(23)5-11(25)16(14)10(24)2-1-8-3-12(26)17(28)13(27)4-8/h1-6,15,18-23,25-31H,7H2. The predicted octanol–water partition coefficient (Wildman–Crippen LogP) is -0.711. The summed E-state index contributed by atoms with van der Waals surface area (Å²) in [6.07, 6.45) is -6.14. The molecule has 1 heterocycles. The number of ether oxygens (including phenoxy) is 2. The molecule has 1 fully saturated rings. The second-order valence-electron chi connectivity index (χ2n) is 7.26. The third kappa shape index (κ3) is 4.94. The van der Waals surface area contributed by atoms with Crippen molar-refractivity contribution in [2.24, 2.45) is 0 Å². The smallest absolute Gasteiger partial charge is 0.229 e. The van der Waals surface area contributed by atoms with Crippen LogP contribution in [0, 0.1) is 0 Å². The number of allylic oxidation sites excluding steroid dienone is 1. The molecule has 2 aromatic rings. The van der Waals surface area contributed by atoms with Gasteiger partial charge in [0.25, 0.3) is 0 Å². The van der Waals surface area contributed by atoms with Gasteiger partial charge in [-0.25, -0.2) is 0 Å². The quantitative estimate of drug-likeness (QED) is 0.146. The van der Waals surface area contributed by atoms with Crippen LogP contribution < -0.4 is 4.74 Å². The summed E-state index contributed by atoms with van der Waals surface area (Å²) in [5, 5.41) is 87.7. The number of ketones is 1. The van der Waals surface area contributed by atoms with Crippen LogP contribution in [0.3, 0.4) is 0 Å². The number of phenolic OH excluding ortho intramolecular Hbond substituents is 5. The van der Waals surface area contributed by atoms with Crippen molar-refractivity contribution in [3.05, 3.63) is 41.5 Å². The number of aliphatic hydroxyl groups is 4. The molecule has 0 aromatic heterocycles. The van der Waals surface area contributed by atoms with Crippen molar-refractivity contribution in [2.75, 3.05) is 6.61 Å². The highest BCUT2D eigenvalue weighted by atomic mass is 16.7. The maximum absolute atomic E-state index is 12.8. The Morgan fingerprint density at radius 1 is 0.909 bits per heavy atom. The summed E-state index contributed by atoms with van der Waals surface area (Å²) < 4.78 is 10.6. The maximum atomic E-state index is 12.8. The van der Waals surface area contributed by atoms with Gasteiger partial charge >= 0.3 is 0 Å². The Hall–Kier alpha value is -3.55. The Morgan fingerprint density at radius 3 is 2.15 bits per heavy atom. The lowest BCUT2D eigenvalue weighted by molar-refractivity contribution is -0.277. The van der Waals surface area contributed by atoms with E-state index < -0.39 is 83.2 Å². The summed E-state index contributed by atoms with van der Waals surface area (Å²) in [5.74, 6) is -4.57. The fourth-order valence-corrected chi connectivity index (χ4v) is 3.19. The van der Waals surface area contributed by atoms with Gasteiger partial charge in [0, 0.05) is 12.1 Å². The average Bonchev–Trinajstić information content (AvgIpc) is 2.75. The zero-order chi connectivity index (χ0) is 24.4. The van der Waals surface area contributed by atoms with E-state index >= 15 is 0 Å². The average molecular weight is 466 g/mol. The van der Waals surface area contributed by atoms with Crippen LogP contribution in [0.2, 0.25) is 0 Å². The topological polar surface area (TPSA) is 218 Å². The minimum atomic E-state index is -1.81. The molecule has 1 saturated heterocycles. The Balaban J connectivity index is 1.91. The van der Waals surface area contributed by atoms with Crippen molar-refractivity contribution >= 4 is 11.9 Å². The van der Waals surface area contributed by atoms with Gasteiger partial charge in [-0.05, 0) is 23.8 Å². The van der Waals surface area contributed by atoms with E-state index in [1.807, 2.05) is 0 Å². The Morgan fingerprint density at radius 2 is 1.55 bits per heavy atom. The molecule has 0 spiro atoms. The van der Waals surface area contributed by atoms with Crippen LogP contribution in [-0.2, 0) is 4.74 Å². The third-order valence-electron chi connectivity index (χ3n) is 4.92. The predicted molar refractivity (Wildman–Crippen MR) is 109 cm³/mol. The molecule has 0 bridgehead atoms. The molecule has 1 aliphatic heterocycles. The number of carbonyl (C=O) groups excluding carboxylic acids is 1. The molecule has 2 aromatic carbocycles. The number of hydrogen-bond acceptors (Lipinski definition) is 12. The first-order valence-electron chi connectivity index (χ1n) is 9.54. The van der Waals surface area contributed by atoms with Crippen molar-refractivity contribution in [1.82, 2.24) is 0 Å². The van der Waals surface area contributed by atoms with Crippen molar-refractivity contribution in [2.45, 2.75) is 30.7 Å². The van der Waals surface area contributed by atoms with Crippen LogP contribution in [0.1, 0.15) is 15.9 Å². The molecule has 12 nitrogen and oxygen atoms in total. The highest BCUT2D eigenvalue weighted by Crippen LogP contribution is 2.37. The first kappa shape index (κ1) is 24.1. The van der Waals surface area contributed by atoms with Crippen molar-refractivity contribution in [3.8, 4) is 34.5 Å². The van der Waals surface area contributed by atoms with Crippen LogP contribution in [0.25, 0.3) is 6.08 Å². The number of benzene rings is 2. The van der Waals surface area contributed by atoms with Gasteiger partial charge in [-0.15, -0.1) is 0 Å². The molecule has 9 N–H and O–H groups in total. The lowest BCUT2D eigenvalue weighted by Gasteiger charge is -2.39. The van der Waals surface area contributed by atoms with Gasteiger partial charge in [0.1, 0.15) is 47.2 Å². The van der Waals surface area contributed by atoms with E-state index in [2.05, 4.69) is 0 Å². The highest BCUT2D eigenvalue weighted by molar-refractivity contribution is 6.10. The third-order valence-corrected chi connectivity index (χ3v) is 4.92. The van der Waals surface area contributed by atoms with Gasteiger partial charge in [0.2, 0.25) is 6.29 Å². The van der Waals surface area contributed by atoms with E-state index in [0.717, 1.165) is 36.4 Å². The molecule has 0 saturated carbocycles. The summed E-state index contributed by atoms with van der Waals surface area (Å²) in [4.78, 5) is 12.8. The van der Waals surface area contributed by atoms with E-state index in [1.54, 1.807) is 0 Å². The number of rotatable bonds is 6. The minimum Gasteiger partial charge on any atom is -0.508 e. The van der Waals surface area contributed by atoms with E-state index in [-0.39, 0.29) is 5.56 Å². The summed E-state index contributed by atoms with van der Waals surface area (Å²) >= 11 is 0. The zero-order valence-electron chi connectivity index (χ0n) is 16.8. The van der Waals surface area contributed by atoms with Gasteiger partial charge in [0.15, 0.2) is 23.0 Å². The number of aromatic hydroxyl groups is 5. The number of carbonyl (C=O) groups is 1. The Bertz CT molecular complexity index is 1040. The van der Waals surface area contributed by atoms with Crippen molar-refractivity contribution in [1.29, 1.82) is 0 Å². The number of phenols is 5. The molecule has 12 heteroatoms. The molecule has 0 radical (unpaired) electrons. The zero-order valence-corrected chi connectivity index (χ0v) is 16.8. The molecule has 0 aliphatic carbocycles. The van der Waals surface area contributed by atoms with E-state index in [4.69, 9.17) is 9.47 Å². The molecular formula is C21H22O12. The molecule has 5 atom stereocenters. The normalized spacial score (nSPS) is 25.3. The summed E-state index contributed by atoms with van der Waals surface area (Å²) in [7, 11) is 0. The van der Waals surface area contributed by atoms with Crippen molar-refractivity contribution < 1.29 is 60.2 Å². The van der Waals surface area contributed by atoms with E-state index in [1.165, 1.54) is 0 Å². The molecule has 0 amide bonds. The van der Waals surface area contributed by atoms with Crippen LogP contribution in [0.5, 0.6) is 34.5 Å². The second-order valence-corrected chi connectivity index (χ2v) is 7.26. The first-order chi connectivity index (χ1) is 15.5.